The van der Waals surface area contributed by atoms with Gasteiger partial charge >= 0.3 is 6.03 Å². The van der Waals surface area contributed by atoms with Crippen molar-refractivity contribution >= 4 is 21.6 Å². The van der Waals surface area contributed by atoms with Gasteiger partial charge in [-0.1, -0.05) is 97.1 Å². The van der Waals surface area contributed by atoms with Crippen LogP contribution in [0.3, 0.4) is 0 Å². The Bertz CT molecular complexity index is 2010. The lowest BCUT2D eigenvalue weighted by Crippen LogP contribution is -2.38. The molecule has 1 aliphatic heterocycles. The number of carbonyl (C=O) groups excluding carboxylic acids is 1. The number of aromatic nitrogens is 2. The zero-order valence-electron chi connectivity index (χ0n) is 26.4. The maximum atomic E-state index is 15.8. The summed E-state index contributed by atoms with van der Waals surface area (Å²) in [5, 5.41) is 7.55. The lowest BCUT2D eigenvalue weighted by atomic mass is 9.78. The summed E-state index contributed by atoms with van der Waals surface area (Å²) >= 11 is 0. The third kappa shape index (κ3) is 5.24. The molecule has 1 unspecified atom stereocenters. The molecule has 0 fully saturated rings. The van der Waals surface area contributed by atoms with Crippen LogP contribution in [-0.4, -0.2) is 32.8 Å². The Balaban J connectivity index is 1.34. The molecule has 4 aromatic carbocycles. The van der Waals surface area contributed by atoms with Crippen molar-refractivity contribution in [1.29, 1.82) is 0 Å². The van der Waals surface area contributed by atoms with E-state index in [1.54, 1.807) is 4.68 Å². The largest absolute Gasteiger partial charge is 0.477 e. The van der Waals surface area contributed by atoms with Crippen molar-refractivity contribution in [2.45, 2.75) is 61.7 Å². The summed E-state index contributed by atoms with van der Waals surface area (Å²) in [6.45, 7) is 1.01. The maximum absolute atomic E-state index is 15.8. The summed E-state index contributed by atoms with van der Waals surface area (Å²) in [4.78, 5) is 14.4. The normalized spacial score (nSPS) is 17.7. The second-order valence-electron chi connectivity index (χ2n) is 12.6. The number of rotatable bonds is 7. The quantitative estimate of drug-likeness (QED) is 0.181. The predicted molar refractivity (Wildman–Crippen MR) is 183 cm³/mol. The highest BCUT2D eigenvalue weighted by atomic mass is 32.2. The van der Waals surface area contributed by atoms with Gasteiger partial charge in [-0.25, -0.2) is 22.8 Å². The standard InChI is InChI=1S/C38H36FN5O3S/c39-31-23-27-22-26-12-10-19-32(26)35(33(27)24-31)41-37(45)42-48(46,34-25-40-44-20-11-21-47-36(34)44)43-38(28-13-4-1-5-14-28,29-15-6-2-7-16-29)30-17-8-3-9-18-30/h1-9,13-18,22,25,31H,10-12,19-21,23-24H2,(H2,41,42,43,45,46)/t31-,48?/m0/s1. The van der Waals surface area contributed by atoms with E-state index in [1.165, 1.54) is 6.20 Å². The number of fused-ring (bicyclic) bond motifs is 3. The first-order valence-corrected chi connectivity index (χ1v) is 18.0. The van der Waals surface area contributed by atoms with Crippen LogP contribution in [0.2, 0.25) is 0 Å². The number of hydrogen-bond donors (Lipinski definition) is 2. The Morgan fingerprint density at radius 2 is 1.52 bits per heavy atom. The number of urea groups is 1. The Labute approximate surface area is 279 Å². The number of nitrogens with zero attached hydrogens (tertiary/aromatic N) is 3. The Hall–Kier alpha value is -4.96. The SMILES string of the molecule is O=C(Nc1c2c(cc3c1C[C@@H](F)C3)CCC2)NS(=O)(=NC(c1ccccc1)(c1ccccc1)c1ccccc1)c1cnn2c1OCCC2. The monoisotopic (exact) mass is 661 g/mol. The summed E-state index contributed by atoms with van der Waals surface area (Å²) < 4.78 is 46.4. The topological polar surface area (TPSA) is 97.6 Å². The molecule has 0 bridgehead atoms. The van der Waals surface area contributed by atoms with Gasteiger partial charge in [0.25, 0.3) is 0 Å². The lowest BCUT2D eigenvalue weighted by molar-refractivity contribution is 0.224. The van der Waals surface area contributed by atoms with Crippen LogP contribution in [0.15, 0.2) is 113 Å². The minimum absolute atomic E-state index is 0.192. The number of amides is 2. The number of anilines is 1. The van der Waals surface area contributed by atoms with Crippen molar-refractivity contribution < 1.29 is 18.1 Å². The first-order valence-electron chi connectivity index (χ1n) is 16.5. The highest BCUT2D eigenvalue weighted by Gasteiger charge is 2.41. The molecule has 3 aliphatic rings. The van der Waals surface area contributed by atoms with Gasteiger partial charge in [0.15, 0.2) is 9.92 Å². The minimum atomic E-state index is -3.85. The van der Waals surface area contributed by atoms with Gasteiger partial charge in [0.2, 0.25) is 5.88 Å². The summed E-state index contributed by atoms with van der Waals surface area (Å²) in [5.41, 5.74) is 5.55. The van der Waals surface area contributed by atoms with Gasteiger partial charge < -0.3 is 10.1 Å². The highest BCUT2D eigenvalue weighted by molar-refractivity contribution is 7.92. The highest BCUT2D eigenvalue weighted by Crippen LogP contribution is 2.44. The van der Waals surface area contributed by atoms with Crippen molar-refractivity contribution in [3.63, 3.8) is 0 Å². The van der Waals surface area contributed by atoms with Gasteiger partial charge in [-0.2, -0.15) is 9.46 Å². The van der Waals surface area contributed by atoms with E-state index in [4.69, 9.17) is 9.10 Å². The van der Waals surface area contributed by atoms with Gasteiger partial charge in [-0.3, -0.25) is 0 Å². The van der Waals surface area contributed by atoms with Gasteiger partial charge in [0.1, 0.15) is 16.6 Å². The molecular weight excluding hydrogens is 626 g/mol. The van der Waals surface area contributed by atoms with Crippen LogP contribution in [0.4, 0.5) is 14.9 Å². The van der Waals surface area contributed by atoms with Crippen molar-refractivity contribution in [2.75, 3.05) is 11.9 Å². The smallest absolute Gasteiger partial charge is 0.331 e. The molecule has 2 atom stereocenters. The fourth-order valence-electron chi connectivity index (χ4n) is 7.47. The van der Waals surface area contributed by atoms with Crippen LogP contribution in [0.1, 0.15) is 51.8 Å². The Morgan fingerprint density at radius 1 is 0.875 bits per heavy atom. The molecule has 1 aromatic heterocycles. The van der Waals surface area contributed by atoms with Crippen LogP contribution in [-0.2, 0) is 47.7 Å². The van der Waals surface area contributed by atoms with Crippen molar-refractivity contribution in [3.8, 4) is 5.88 Å². The molecule has 8 nitrogen and oxygen atoms in total. The second kappa shape index (κ2) is 12.2. The van der Waals surface area contributed by atoms with Crippen LogP contribution in [0.25, 0.3) is 0 Å². The molecule has 0 saturated heterocycles. The van der Waals surface area contributed by atoms with Crippen LogP contribution < -0.4 is 14.8 Å². The molecular formula is C38H36FN5O3S. The number of benzene rings is 4. The number of ether oxygens (including phenoxy) is 1. The molecule has 2 heterocycles. The number of halogens is 1. The van der Waals surface area contributed by atoms with E-state index < -0.39 is 27.7 Å². The lowest BCUT2D eigenvalue weighted by Gasteiger charge is -2.33. The average molecular weight is 662 g/mol. The first kappa shape index (κ1) is 30.4. The minimum Gasteiger partial charge on any atom is -0.477 e. The zero-order chi connectivity index (χ0) is 32.7. The first-order chi connectivity index (χ1) is 23.4. The van der Waals surface area contributed by atoms with Gasteiger partial charge in [0.05, 0.1) is 12.8 Å². The average Bonchev–Trinajstić information content (AvgIpc) is 3.87. The molecule has 0 saturated carbocycles. The Kier molecular flexibility index (Phi) is 7.75. The summed E-state index contributed by atoms with van der Waals surface area (Å²) in [7, 11) is -3.85. The van der Waals surface area contributed by atoms with Gasteiger partial charge in [-0.05, 0) is 58.2 Å². The molecule has 244 valence electrons. The number of hydrogen-bond acceptors (Lipinski definition) is 5. The molecule has 10 heteroatoms. The number of aryl methyl sites for hydroxylation is 2. The predicted octanol–water partition coefficient (Wildman–Crippen LogP) is 7.15. The zero-order valence-corrected chi connectivity index (χ0v) is 27.2. The van der Waals surface area contributed by atoms with Crippen molar-refractivity contribution in [1.82, 2.24) is 14.5 Å². The fraction of sp³-hybridized carbons (Fsp3) is 0.263. The van der Waals surface area contributed by atoms with E-state index in [0.717, 1.165) is 64.6 Å². The van der Waals surface area contributed by atoms with E-state index in [9.17, 15) is 9.18 Å². The van der Waals surface area contributed by atoms with Gasteiger partial charge in [0, 0.05) is 31.5 Å². The molecule has 5 aromatic rings. The third-order valence-corrected chi connectivity index (χ3v) is 11.5. The fourth-order valence-corrected chi connectivity index (χ4v) is 9.32. The maximum Gasteiger partial charge on any atom is 0.331 e. The van der Waals surface area contributed by atoms with E-state index in [2.05, 4.69) is 21.2 Å². The number of nitrogens with one attached hydrogen (secondary N) is 2. The Morgan fingerprint density at radius 3 is 2.17 bits per heavy atom. The summed E-state index contributed by atoms with van der Waals surface area (Å²) in [5.74, 6) is 0.320. The molecule has 2 amide bonds. The second-order valence-corrected chi connectivity index (χ2v) is 14.5. The van der Waals surface area contributed by atoms with Crippen LogP contribution in [0, 0.1) is 0 Å². The third-order valence-electron chi connectivity index (χ3n) is 9.59. The molecule has 8 rings (SSSR count). The van der Waals surface area contributed by atoms with E-state index >= 15 is 4.21 Å². The number of carbonyl (C=O) groups is 1. The van der Waals surface area contributed by atoms with Crippen molar-refractivity contribution in [2.24, 2.45) is 4.36 Å². The van der Waals surface area contributed by atoms with E-state index in [0.29, 0.717) is 31.1 Å². The van der Waals surface area contributed by atoms with E-state index in [1.807, 2.05) is 91.0 Å². The summed E-state index contributed by atoms with van der Waals surface area (Å²) in [6, 6.07) is 30.5. The van der Waals surface area contributed by atoms with Gasteiger partial charge in [-0.15, -0.1) is 0 Å². The number of alkyl halides is 1. The molecule has 2 aliphatic carbocycles. The molecule has 0 spiro atoms. The molecule has 2 N–H and O–H groups in total. The molecule has 48 heavy (non-hydrogen) atoms. The molecule has 0 radical (unpaired) electrons. The van der Waals surface area contributed by atoms with Crippen molar-refractivity contribution in [3.05, 3.63) is 142 Å². The van der Waals surface area contributed by atoms with Crippen LogP contribution >= 0.6 is 0 Å². The van der Waals surface area contributed by atoms with Crippen LogP contribution in [0.5, 0.6) is 5.88 Å². The summed E-state index contributed by atoms with van der Waals surface area (Å²) in [6.07, 6.45) is 4.46. The van der Waals surface area contributed by atoms with E-state index in [-0.39, 0.29) is 11.3 Å².